The zero-order valence-corrected chi connectivity index (χ0v) is 19.2. The van der Waals surface area contributed by atoms with Crippen LogP contribution in [0.1, 0.15) is 63.4 Å². The molecule has 0 heterocycles. The Morgan fingerprint density at radius 2 is 1.17 bits per heavy atom. The Bertz CT molecular complexity index is 702. The van der Waals surface area contributed by atoms with Crippen molar-refractivity contribution in [3.05, 3.63) is 54.1 Å². The predicted octanol–water partition coefficient (Wildman–Crippen LogP) is 8.07. The highest BCUT2D eigenvalue weighted by Crippen LogP contribution is 2.21. The highest BCUT2D eigenvalue weighted by atomic mass is 32.1. The monoisotopic (exact) mass is 428 g/mol. The summed E-state index contributed by atoms with van der Waals surface area (Å²) in [7, 11) is 1.65. The van der Waals surface area contributed by atoms with Crippen molar-refractivity contribution in [1.29, 1.82) is 0 Å². The molecule has 0 aliphatic rings. The molecule has 0 bridgehead atoms. The molecule has 5 heteroatoms. The number of ether oxygens (including phenoxy) is 2. The minimum Gasteiger partial charge on any atom is -0.497 e. The predicted molar refractivity (Wildman–Crippen MR) is 129 cm³/mol. The minimum absolute atomic E-state index is 0.654. The van der Waals surface area contributed by atoms with Crippen molar-refractivity contribution < 1.29 is 9.47 Å². The molecule has 2 rings (SSSR count). The molecule has 0 fully saturated rings. The number of nitrogens with zero attached hydrogens (tertiary/aromatic N) is 2. The van der Waals surface area contributed by atoms with Gasteiger partial charge >= 0.3 is 0 Å². The molecular weight excluding hydrogens is 392 g/mol. The SMILES string of the molecule is COc1ccc(N=Nc2ccc(COCCCCCCCCCCCS)cc2)cc1. The summed E-state index contributed by atoms with van der Waals surface area (Å²) >= 11 is 4.25. The number of methoxy groups -OCH3 is 1. The third-order valence-corrected chi connectivity index (χ3v) is 5.32. The van der Waals surface area contributed by atoms with E-state index in [4.69, 9.17) is 9.47 Å². The summed E-state index contributed by atoms with van der Waals surface area (Å²) in [5, 5.41) is 8.53. The van der Waals surface area contributed by atoms with E-state index >= 15 is 0 Å². The van der Waals surface area contributed by atoms with Gasteiger partial charge in [-0.2, -0.15) is 22.9 Å². The summed E-state index contributed by atoms with van der Waals surface area (Å²) in [5.41, 5.74) is 2.80. The highest BCUT2D eigenvalue weighted by molar-refractivity contribution is 7.80. The van der Waals surface area contributed by atoms with Crippen molar-refractivity contribution in [3.8, 4) is 5.75 Å². The van der Waals surface area contributed by atoms with Gasteiger partial charge in [0, 0.05) is 6.61 Å². The van der Waals surface area contributed by atoms with Crippen LogP contribution in [0.5, 0.6) is 5.75 Å². The third kappa shape index (κ3) is 10.8. The zero-order valence-electron chi connectivity index (χ0n) is 18.3. The van der Waals surface area contributed by atoms with Crippen LogP contribution in [0.4, 0.5) is 11.4 Å². The molecule has 0 aromatic heterocycles. The van der Waals surface area contributed by atoms with Crippen molar-refractivity contribution >= 4 is 24.0 Å². The van der Waals surface area contributed by atoms with Crippen LogP contribution in [-0.2, 0) is 11.3 Å². The minimum atomic E-state index is 0.654. The Kier molecular flexibility index (Phi) is 13.0. The van der Waals surface area contributed by atoms with Gasteiger partial charge in [-0.15, -0.1) is 0 Å². The first-order valence-electron chi connectivity index (χ1n) is 11.1. The first-order chi connectivity index (χ1) is 14.8. The molecule has 164 valence electrons. The van der Waals surface area contributed by atoms with Crippen LogP contribution >= 0.6 is 12.6 Å². The maximum absolute atomic E-state index is 5.81. The van der Waals surface area contributed by atoms with E-state index in [-0.39, 0.29) is 0 Å². The lowest BCUT2D eigenvalue weighted by molar-refractivity contribution is 0.116. The summed E-state index contributed by atoms with van der Waals surface area (Å²) in [5.74, 6) is 1.84. The Hall–Kier alpha value is -1.85. The number of hydrogen-bond donors (Lipinski definition) is 1. The van der Waals surface area contributed by atoms with Gasteiger partial charge in [0.25, 0.3) is 0 Å². The first-order valence-corrected chi connectivity index (χ1v) is 11.8. The molecule has 0 amide bonds. The van der Waals surface area contributed by atoms with Crippen LogP contribution in [0, 0.1) is 0 Å². The first kappa shape index (κ1) is 24.4. The van der Waals surface area contributed by atoms with Gasteiger partial charge in [0.1, 0.15) is 5.75 Å². The average molecular weight is 429 g/mol. The van der Waals surface area contributed by atoms with Gasteiger partial charge in [-0.1, -0.05) is 57.1 Å². The number of thiol groups is 1. The van der Waals surface area contributed by atoms with Gasteiger partial charge in [-0.3, -0.25) is 0 Å². The lowest BCUT2D eigenvalue weighted by atomic mass is 10.1. The molecule has 0 radical (unpaired) electrons. The smallest absolute Gasteiger partial charge is 0.119 e. The maximum atomic E-state index is 5.81. The summed E-state index contributed by atoms with van der Waals surface area (Å²) < 4.78 is 11.0. The average Bonchev–Trinajstić information content (AvgIpc) is 2.79. The lowest BCUT2D eigenvalue weighted by Gasteiger charge is -2.05. The van der Waals surface area contributed by atoms with Gasteiger partial charge in [-0.25, -0.2) is 0 Å². The third-order valence-electron chi connectivity index (χ3n) is 5.01. The number of rotatable bonds is 16. The molecule has 0 aliphatic heterocycles. The Balaban J connectivity index is 1.53. The standard InChI is InChI=1S/C25H36N2O2S/c1-28-25-17-15-24(16-18-25)27-26-23-13-11-22(12-14-23)21-29-19-9-7-5-3-2-4-6-8-10-20-30/h11-18,30H,2-10,19-21H2,1H3. The second-order valence-corrected chi connectivity index (χ2v) is 7.97. The van der Waals surface area contributed by atoms with E-state index in [2.05, 4.69) is 35.0 Å². The fraction of sp³-hybridized carbons (Fsp3) is 0.520. The van der Waals surface area contributed by atoms with Gasteiger partial charge in [0.05, 0.1) is 25.1 Å². The van der Waals surface area contributed by atoms with Gasteiger partial charge < -0.3 is 9.47 Å². The lowest BCUT2D eigenvalue weighted by Crippen LogP contribution is -1.95. The van der Waals surface area contributed by atoms with E-state index in [0.717, 1.165) is 35.9 Å². The van der Waals surface area contributed by atoms with Crippen molar-refractivity contribution in [2.45, 2.75) is 64.4 Å². The van der Waals surface area contributed by atoms with E-state index in [1.165, 1.54) is 56.9 Å². The topological polar surface area (TPSA) is 43.2 Å². The number of benzene rings is 2. The highest BCUT2D eigenvalue weighted by Gasteiger charge is 1.97. The van der Waals surface area contributed by atoms with Crippen LogP contribution in [0.25, 0.3) is 0 Å². The molecule has 0 aliphatic carbocycles. The number of hydrogen-bond acceptors (Lipinski definition) is 5. The van der Waals surface area contributed by atoms with Crippen molar-refractivity contribution in [2.75, 3.05) is 19.5 Å². The summed E-state index contributed by atoms with van der Waals surface area (Å²) in [6.07, 6.45) is 11.8. The molecule has 0 saturated carbocycles. The fourth-order valence-corrected chi connectivity index (χ4v) is 3.39. The van der Waals surface area contributed by atoms with Crippen LogP contribution < -0.4 is 4.74 Å². The van der Waals surface area contributed by atoms with Gasteiger partial charge in [0.2, 0.25) is 0 Å². The molecule has 2 aromatic rings. The van der Waals surface area contributed by atoms with E-state index < -0.39 is 0 Å². The van der Waals surface area contributed by atoms with Crippen molar-refractivity contribution in [3.63, 3.8) is 0 Å². The van der Waals surface area contributed by atoms with E-state index in [9.17, 15) is 0 Å². The summed E-state index contributed by atoms with van der Waals surface area (Å²) in [4.78, 5) is 0. The quantitative estimate of drug-likeness (QED) is 0.167. The molecule has 0 spiro atoms. The molecule has 0 saturated heterocycles. The molecule has 0 unspecified atom stereocenters. The molecule has 4 nitrogen and oxygen atoms in total. The second kappa shape index (κ2) is 15.9. The van der Waals surface area contributed by atoms with Gasteiger partial charge in [-0.05, 0) is 60.6 Å². The van der Waals surface area contributed by atoms with E-state index in [1.807, 2.05) is 36.4 Å². The maximum Gasteiger partial charge on any atom is 0.119 e. The normalized spacial score (nSPS) is 11.3. The Morgan fingerprint density at radius 1 is 0.667 bits per heavy atom. The Labute approximate surface area is 187 Å². The molecule has 2 aromatic carbocycles. The van der Waals surface area contributed by atoms with Crippen LogP contribution in [-0.4, -0.2) is 19.5 Å². The Morgan fingerprint density at radius 3 is 1.70 bits per heavy atom. The van der Waals surface area contributed by atoms with Crippen LogP contribution in [0.3, 0.4) is 0 Å². The van der Waals surface area contributed by atoms with Crippen LogP contribution in [0.2, 0.25) is 0 Å². The molecule has 0 N–H and O–H groups in total. The van der Waals surface area contributed by atoms with Gasteiger partial charge in [0.15, 0.2) is 0 Å². The fourth-order valence-electron chi connectivity index (χ4n) is 3.17. The van der Waals surface area contributed by atoms with E-state index in [1.54, 1.807) is 7.11 Å². The summed E-state index contributed by atoms with van der Waals surface area (Å²) in [6.45, 7) is 1.49. The number of azo groups is 1. The largest absolute Gasteiger partial charge is 0.497 e. The second-order valence-electron chi connectivity index (χ2n) is 7.52. The summed E-state index contributed by atoms with van der Waals surface area (Å²) in [6, 6.07) is 15.6. The zero-order chi connectivity index (χ0) is 21.3. The van der Waals surface area contributed by atoms with Crippen LogP contribution in [0.15, 0.2) is 58.8 Å². The molecule has 30 heavy (non-hydrogen) atoms. The van der Waals surface area contributed by atoms with E-state index in [0.29, 0.717) is 6.61 Å². The molecular formula is C25H36N2O2S. The molecule has 0 atom stereocenters. The van der Waals surface area contributed by atoms with Crippen molar-refractivity contribution in [1.82, 2.24) is 0 Å². The van der Waals surface area contributed by atoms with Crippen molar-refractivity contribution in [2.24, 2.45) is 10.2 Å². The number of unbranched alkanes of at least 4 members (excludes halogenated alkanes) is 8.